The molecule has 4 nitrogen and oxygen atoms in total. The second-order valence-electron chi connectivity index (χ2n) is 7.77. The first kappa shape index (κ1) is 18.2. The summed E-state index contributed by atoms with van der Waals surface area (Å²) in [7, 11) is 1.70. The van der Waals surface area contributed by atoms with E-state index in [1.54, 1.807) is 7.11 Å². The monoisotopic (exact) mass is 344 g/mol. The Bertz CT molecular complexity index is 550. The van der Waals surface area contributed by atoms with Gasteiger partial charge in [0.25, 0.3) is 0 Å². The van der Waals surface area contributed by atoms with E-state index in [4.69, 9.17) is 10.5 Å². The van der Waals surface area contributed by atoms with Gasteiger partial charge in [-0.3, -0.25) is 4.79 Å². The minimum atomic E-state index is 0.242. The van der Waals surface area contributed by atoms with Crippen LogP contribution in [0.3, 0.4) is 0 Å². The number of carbonyl (C=O) groups excluding carboxylic acids is 1. The summed E-state index contributed by atoms with van der Waals surface area (Å²) >= 11 is 0. The molecular weight excluding hydrogens is 312 g/mol. The van der Waals surface area contributed by atoms with Gasteiger partial charge in [-0.2, -0.15) is 0 Å². The van der Waals surface area contributed by atoms with Crippen LogP contribution in [0.2, 0.25) is 0 Å². The highest BCUT2D eigenvalue weighted by Crippen LogP contribution is 2.29. The van der Waals surface area contributed by atoms with Crippen LogP contribution in [-0.2, 0) is 11.2 Å². The number of carbonyl (C=O) groups is 1. The fourth-order valence-corrected chi connectivity index (χ4v) is 4.31. The third-order valence-electron chi connectivity index (χ3n) is 6.12. The fourth-order valence-electron chi connectivity index (χ4n) is 4.31. The molecule has 0 radical (unpaired) electrons. The number of hydrogen-bond donors (Lipinski definition) is 1. The Morgan fingerprint density at radius 2 is 1.88 bits per heavy atom. The van der Waals surface area contributed by atoms with Gasteiger partial charge in [0.15, 0.2) is 0 Å². The molecule has 1 amide bonds. The van der Waals surface area contributed by atoms with Gasteiger partial charge in [0.1, 0.15) is 5.75 Å². The lowest BCUT2D eigenvalue weighted by Crippen LogP contribution is -2.40. The molecule has 1 saturated heterocycles. The van der Waals surface area contributed by atoms with Gasteiger partial charge in [0, 0.05) is 25.6 Å². The summed E-state index contributed by atoms with van der Waals surface area (Å²) in [6.07, 6.45) is 8.67. The predicted molar refractivity (Wildman–Crippen MR) is 101 cm³/mol. The van der Waals surface area contributed by atoms with Crippen molar-refractivity contribution in [3.05, 3.63) is 29.8 Å². The zero-order chi connectivity index (χ0) is 17.6. The molecule has 1 aliphatic carbocycles. The second kappa shape index (κ2) is 8.70. The number of piperidine rings is 1. The number of benzene rings is 1. The van der Waals surface area contributed by atoms with Gasteiger partial charge in [0.05, 0.1) is 7.11 Å². The van der Waals surface area contributed by atoms with E-state index in [1.807, 2.05) is 12.1 Å². The van der Waals surface area contributed by atoms with Crippen LogP contribution in [0.1, 0.15) is 50.5 Å². The lowest BCUT2D eigenvalue weighted by Gasteiger charge is -2.33. The standard InChI is InChI=1S/C21H32N2O2/c1-25-19-9-7-16(8-10-19)5-6-17-11-13-23(14-12-17)21(24)15-18-3-2-4-20(18)22/h7-10,17-18,20H,2-6,11-15,22H2,1H3/t18-,20+/m0/s1. The molecule has 0 aromatic heterocycles. The molecule has 1 saturated carbocycles. The molecular formula is C21H32N2O2. The van der Waals surface area contributed by atoms with E-state index in [9.17, 15) is 4.79 Å². The van der Waals surface area contributed by atoms with Gasteiger partial charge in [-0.1, -0.05) is 18.6 Å². The van der Waals surface area contributed by atoms with Crippen molar-refractivity contribution in [1.82, 2.24) is 4.90 Å². The number of nitrogens with zero attached hydrogens (tertiary/aromatic N) is 1. The lowest BCUT2D eigenvalue weighted by molar-refractivity contribution is -0.133. The van der Waals surface area contributed by atoms with E-state index in [1.165, 1.54) is 18.4 Å². The van der Waals surface area contributed by atoms with Gasteiger partial charge in [0.2, 0.25) is 5.91 Å². The van der Waals surface area contributed by atoms with Crippen molar-refractivity contribution >= 4 is 5.91 Å². The maximum absolute atomic E-state index is 12.5. The third kappa shape index (κ3) is 4.97. The van der Waals surface area contributed by atoms with Crippen molar-refractivity contribution in [3.63, 3.8) is 0 Å². The SMILES string of the molecule is COc1ccc(CCC2CCN(C(=O)C[C@@H]3CCC[C@H]3N)CC2)cc1. The van der Waals surface area contributed by atoms with Gasteiger partial charge >= 0.3 is 0 Å². The van der Waals surface area contributed by atoms with Gasteiger partial charge in [-0.15, -0.1) is 0 Å². The van der Waals surface area contributed by atoms with E-state index < -0.39 is 0 Å². The maximum Gasteiger partial charge on any atom is 0.222 e. The number of rotatable bonds is 6. The summed E-state index contributed by atoms with van der Waals surface area (Å²) in [5.74, 6) is 2.40. The number of likely N-dealkylation sites (tertiary alicyclic amines) is 1. The van der Waals surface area contributed by atoms with E-state index in [-0.39, 0.29) is 6.04 Å². The molecule has 2 N–H and O–H groups in total. The maximum atomic E-state index is 12.5. The molecule has 1 aromatic rings. The molecule has 1 heterocycles. The summed E-state index contributed by atoms with van der Waals surface area (Å²) in [5, 5.41) is 0. The highest BCUT2D eigenvalue weighted by molar-refractivity contribution is 5.76. The Labute approximate surface area is 151 Å². The largest absolute Gasteiger partial charge is 0.497 e. The molecule has 2 aliphatic rings. The van der Waals surface area contributed by atoms with Crippen LogP contribution in [0.4, 0.5) is 0 Å². The zero-order valence-electron chi connectivity index (χ0n) is 15.5. The molecule has 138 valence electrons. The van der Waals surface area contributed by atoms with Crippen LogP contribution >= 0.6 is 0 Å². The first-order valence-corrected chi connectivity index (χ1v) is 9.82. The number of amides is 1. The first-order valence-electron chi connectivity index (χ1n) is 9.82. The number of nitrogens with two attached hydrogens (primary N) is 1. The first-order chi connectivity index (χ1) is 12.2. The van der Waals surface area contributed by atoms with Crippen molar-refractivity contribution in [2.75, 3.05) is 20.2 Å². The van der Waals surface area contributed by atoms with Crippen molar-refractivity contribution in [2.24, 2.45) is 17.6 Å². The Kier molecular flexibility index (Phi) is 6.35. The quantitative estimate of drug-likeness (QED) is 0.861. The Morgan fingerprint density at radius 1 is 1.16 bits per heavy atom. The van der Waals surface area contributed by atoms with Crippen LogP contribution in [0.5, 0.6) is 5.75 Å². The van der Waals surface area contributed by atoms with E-state index in [2.05, 4.69) is 17.0 Å². The normalized spacial score (nSPS) is 24.5. The zero-order valence-corrected chi connectivity index (χ0v) is 15.5. The highest BCUT2D eigenvalue weighted by atomic mass is 16.5. The third-order valence-corrected chi connectivity index (χ3v) is 6.12. The Hall–Kier alpha value is -1.55. The molecule has 3 rings (SSSR count). The Balaban J connectivity index is 1.38. The molecule has 0 bridgehead atoms. The second-order valence-corrected chi connectivity index (χ2v) is 7.77. The minimum absolute atomic E-state index is 0.242. The van der Waals surface area contributed by atoms with Crippen molar-refractivity contribution in [3.8, 4) is 5.75 Å². The summed E-state index contributed by atoms with van der Waals surface area (Å²) < 4.78 is 5.21. The molecule has 25 heavy (non-hydrogen) atoms. The Morgan fingerprint density at radius 3 is 2.48 bits per heavy atom. The minimum Gasteiger partial charge on any atom is -0.497 e. The topological polar surface area (TPSA) is 55.6 Å². The van der Waals surface area contributed by atoms with Gasteiger partial charge in [-0.25, -0.2) is 0 Å². The number of ether oxygens (including phenoxy) is 1. The number of aryl methyl sites for hydroxylation is 1. The molecule has 1 aromatic carbocycles. The van der Waals surface area contributed by atoms with Crippen LogP contribution in [0.15, 0.2) is 24.3 Å². The van der Waals surface area contributed by atoms with Gasteiger partial charge in [-0.05, 0) is 68.1 Å². The molecule has 0 spiro atoms. The van der Waals surface area contributed by atoms with Crippen molar-refractivity contribution in [1.29, 1.82) is 0 Å². The number of hydrogen-bond acceptors (Lipinski definition) is 3. The summed E-state index contributed by atoms with van der Waals surface area (Å²) in [4.78, 5) is 14.6. The molecule has 1 aliphatic heterocycles. The highest BCUT2D eigenvalue weighted by Gasteiger charge is 2.29. The molecule has 4 heteroatoms. The summed E-state index contributed by atoms with van der Waals surface area (Å²) in [6.45, 7) is 1.85. The van der Waals surface area contributed by atoms with E-state index in [0.29, 0.717) is 18.2 Å². The summed E-state index contributed by atoms with van der Waals surface area (Å²) in [6, 6.07) is 8.62. The van der Waals surface area contributed by atoms with E-state index >= 15 is 0 Å². The average Bonchev–Trinajstić information content (AvgIpc) is 3.05. The van der Waals surface area contributed by atoms with Crippen LogP contribution in [0.25, 0.3) is 0 Å². The molecule has 0 unspecified atom stereocenters. The van der Waals surface area contributed by atoms with Crippen molar-refractivity contribution in [2.45, 2.75) is 57.4 Å². The number of methoxy groups -OCH3 is 1. The summed E-state index contributed by atoms with van der Waals surface area (Å²) in [5.41, 5.74) is 7.48. The van der Waals surface area contributed by atoms with Crippen molar-refractivity contribution < 1.29 is 9.53 Å². The van der Waals surface area contributed by atoms with Crippen LogP contribution < -0.4 is 10.5 Å². The van der Waals surface area contributed by atoms with Crippen LogP contribution in [-0.4, -0.2) is 37.0 Å². The van der Waals surface area contributed by atoms with Gasteiger partial charge < -0.3 is 15.4 Å². The molecule has 2 atom stereocenters. The van der Waals surface area contributed by atoms with Crippen LogP contribution in [0, 0.1) is 11.8 Å². The molecule has 2 fully saturated rings. The van der Waals surface area contributed by atoms with E-state index in [0.717, 1.165) is 56.9 Å². The predicted octanol–water partition coefficient (Wildman–Crippen LogP) is 3.38. The lowest BCUT2D eigenvalue weighted by atomic mass is 9.90. The average molecular weight is 344 g/mol. The smallest absolute Gasteiger partial charge is 0.222 e. The fraction of sp³-hybridized carbons (Fsp3) is 0.667.